The highest BCUT2D eigenvalue weighted by atomic mass is 16.4. The molecule has 2 amide bonds. The van der Waals surface area contributed by atoms with E-state index in [4.69, 9.17) is 0 Å². The molecule has 6 fully saturated rings. The van der Waals surface area contributed by atoms with E-state index in [0.717, 1.165) is 38.5 Å². The van der Waals surface area contributed by atoms with Crippen LogP contribution in [0.4, 0.5) is 0 Å². The zero-order valence-electron chi connectivity index (χ0n) is 16.6. The summed E-state index contributed by atoms with van der Waals surface area (Å²) in [6.45, 7) is 1.61. The molecular weight excluding hydrogens is 356 g/mol. The SMILES string of the molecule is O=C(O)C1CCCN(C(=O)C2CCCN2C(=O)C23CC4CC(CC(C4)C2)C3)C1. The minimum atomic E-state index is -0.814. The molecule has 4 saturated carbocycles. The van der Waals surface area contributed by atoms with Crippen molar-refractivity contribution in [1.29, 1.82) is 0 Å². The number of carboxylic acid groups (broad SMARTS) is 1. The normalized spacial score (nSPS) is 42.1. The highest BCUT2D eigenvalue weighted by molar-refractivity contribution is 5.91. The first-order valence-electron chi connectivity index (χ1n) is 11.3. The van der Waals surface area contributed by atoms with Gasteiger partial charge in [-0.3, -0.25) is 14.4 Å². The molecule has 6 heteroatoms. The van der Waals surface area contributed by atoms with E-state index in [1.165, 1.54) is 19.3 Å². The molecular formula is C22H32N2O4. The third kappa shape index (κ3) is 2.94. The summed E-state index contributed by atoms with van der Waals surface area (Å²) in [5.41, 5.74) is -0.205. The lowest BCUT2D eigenvalue weighted by Gasteiger charge is -2.56. The second-order valence-corrected chi connectivity index (χ2v) is 10.3. The lowest BCUT2D eigenvalue weighted by molar-refractivity contribution is -0.162. The predicted octanol–water partition coefficient (Wildman–Crippen LogP) is 2.52. The second kappa shape index (κ2) is 6.74. The van der Waals surface area contributed by atoms with Crippen LogP contribution in [-0.2, 0) is 14.4 Å². The van der Waals surface area contributed by atoms with Crippen molar-refractivity contribution in [2.75, 3.05) is 19.6 Å². The highest BCUT2D eigenvalue weighted by Gasteiger charge is 2.57. The van der Waals surface area contributed by atoms with Crippen LogP contribution < -0.4 is 0 Å². The minimum absolute atomic E-state index is 0.0125. The molecule has 6 nitrogen and oxygen atoms in total. The van der Waals surface area contributed by atoms with Crippen LogP contribution in [0.2, 0.25) is 0 Å². The molecule has 6 rings (SSSR count). The molecule has 0 aromatic heterocycles. The van der Waals surface area contributed by atoms with Gasteiger partial charge in [0, 0.05) is 19.6 Å². The van der Waals surface area contributed by atoms with Crippen molar-refractivity contribution in [3.8, 4) is 0 Å². The Hall–Kier alpha value is -1.59. The van der Waals surface area contributed by atoms with E-state index in [-0.39, 0.29) is 23.3 Å². The topological polar surface area (TPSA) is 77.9 Å². The Kier molecular flexibility index (Phi) is 4.44. The van der Waals surface area contributed by atoms with Gasteiger partial charge in [-0.05, 0) is 82.0 Å². The molecule has 2 saturated heterocycles. The van der Waals surface area contributed by atoms with E-state index in [2.05, 4.69) is 0 Å². The number of hydrogen-bond donors (Lipinski definition) is 1. The molecule has 28 heavy (non-hydrogen) atoms. The van der Waals surface area contributed by atoms with Crippen molar-refractivity contribution < 1.29 is 19.5 Å². The molecule has 2 aliphatic heterocycles. The van der Waals surface area contributed by atoms with E-state index < -0.39 is 11.9 Å². The largest absolute Gasteiger partial charge is 0.481 e. The Morgan fingerprint density at radius 1 is 0.857 bits per heavy atom. The van der Waals surface area contributed by atoms with Crippen LogP contribution in [-0.4, -0.2) is 58.4 Å². The number of rotatable bonds is 3. The number of likely N-dealkylation sites (tertiary alicyclic amines) is 2. The summed E-state index contributed by atoms with van der Waals surface area (Å²) in [5, 5.41) is 9.34. The number of aliphatic carboxylic acids is 1. The van der Waals surface area contributed by atoms with Crippen molar-refractivity contribution in [3.05, 3.63) is 0 Å². The summed E-state index contributed by atoms with van der Waals surface area (Å²) in [4.78, 5) is 42.0. The molecule has 2 unspecified atom stereocenters. The van der Waals surface area contributed by atoms with Crippen LogP contribution in [0, 0.1) is 29.1 Å². The number of nitrogens with zero attached hydrogens (tertiary/aromatic N) is 2. The lowest BCUT2D eigenvalue weighted by Crippen LogP contribution is -2.58. The molecule has 0 aromatic carbocycles. The third-order valence-electron chi connectivity index (χ3n) is 8.37. The first-order chi connectivity index (χ1) is 13.4. The van der Waals surface area contributed by atoms with E-state index >= 15 is 0 Å². The summed E-state index contributed by atoms with van der Waals surface area (Å²) >= 11 is 0. The fourth-order valence-electron chi connectivity index (χ4n) is 7.53. The van der Waals surface area contributed by atoms with Crippen molar-refractivity contribution >= 4 is 17.8 Å². The van der Waals surface area contributed by atoms with Gasteiger partial charge in [-0.2, -0.15) is 0 Å². The molecule has 6 aliphatic rings. The average Bonchev–Trinajstić information content (AvgIpc) is 3.15. The maximum Gasteiger partial charge on any atom is 0.308 e. The van der Waals surface area contributed by atoms with Crippen LogP contribution in [0.1, 0.15) is 64.2 Å². The number of carboxylic acids is 1. The Morgan fingerprint density at radius 3 is 2.07 bits per heavy atom. The highest BCUT2D eigenvalue weighted by Crippen LogP contribution is 2.60. The molecule has 2 atom stereocenters. The van der Waals surface area contributed by atoms with Gasteiger partial charge in [0.05, 0.1) is 11.3 Å². The van der Waals surface area contributed by atoms with E-state index in [1.54, 1.807) is 4.90 Å². The van der Waals surface area contributed by atoms with Gasteiger partial charge in [0.2, 0.25) is 11.8 Å². The quantitative estimate of drug-likeness (QED) is 0.806. The number of carbonyl (C=O) groups is 3. The third-order valence-corrected chi connectivity index (χ3v) is 8.37. The van der Waals surface area contributed by atoms with Gasteiger partial charge in [0.1, 0.15) is 6.04 Å². The van der Waals surface area contributed by atoms with E-state index in [1.807, 2.05) is 4.90 Å². The van der Waals surface area contributed by atoms with Crippen molar-refractivity contribution in [3.63, 3.8) is 0 Å². The first kappa shape index (κ1) is 18.4. The average molecular weight is 389 g/mol. The van der Waals surface area contributed by atoms with Gasteiger partial charge < -0.3 is 14.9 Å². The van der Waals surface area contributed by atoms with Gasteiger partial charge in [0.25, 0.3) is 0 Å². The van der Waals surface area contributed by atoms with Gasteiger partial charge in [-0.25, -0.2) is 0 Å². The van der Waals surface area contributed by atoms with Gasteiger partial charge in [-0.15, -0.1) is 0 Å². The van der Waals surface area contributed by atoms with Crippen LogP contribution >= 0.6 is 0 Å². The van der Waals surface area contributed by atoms with Gasteiger partial charge >= 0.3 is 5.97 Å². The van der Waals surface area contributed by atoms with Crippen molar-refractivity contribution in [2.45, 2.75) is 70.3 Å². The summed E-state index contributed by atoms with van der Waals surface area (Å²) in [6.07, 6.45) is 9.98. The Bertz CT molecular complexity index is 655. The summed E-state index contributed by atoms with van der Waals surface area (Å²) in [6, 6.07) is -0.368. The fraction of sp³-hybridized carbons (Fsp3) is 0.864. The standard InChI is InChI=1S/C22H32N2O4/c25-19(23-5-1-3-17(13-23)20(26)27)18-4-2-6-24(18)21(28)22-10-14-7-15(11-22)9-16(8-14)12-22/h14-18H,1-13H2,(H,26,27). The molecule has 4 bridgehead atoms. The molecule has 154 valence electrons. The lowest BCUT2D eigenvalue weighted by atomic mass is 9.49. The van der Waals surface area contributed by atoms with Crippen LogP contribution in [0.5, 0.6) is 0 Å². The van der Waals surface area contributed by atoms with E-state index in [9.17, 15) is 19.5 Å². The first-order valence-corrected chi connectivity index (χ1v) is 11.3. The van der Waals surface area contributed by atoms with Crippen LogP contribution in [0.3, 0.4) is 0 Å². The number of piperidine rings is 1. The van der Waals surface area contributed by atoms with Crippen molar-refractivity contribution in [2.24, 2.45) is 29.1 Å². The molecule has 0 aromatic rings. The molecule has 2 heterocycles. The number of amides is 2. The summed E-state index contributed by atoms with van der Waals surface area (Å²) in [7, 11) is 0. The molecule has 4 aliphatic carbocycles. The monoisotopic (exact) mass is 388 g/mol. The maximum atomic E-state index is 13.7. The van der Waals surface area contributed by atoms with Crippen LogP contribution in [0.25, 0.3) is 0 Å². The zero-order valence-corrected chi connectivity index (χ0v) is 16.6. The second-order valence-electron chi connectivity index (χ2n) is 10.3. The van der Waals surface area contributed by atoms with Gasteiger partial charge in [0.15, 0.2) is 0 Å². The van der Waals surface area contributed by atoms with Crippen LogP contribution in [0.15, 0.2) is 0 Å². The Labute approximate surface area is 166 Å². The smallest absolute Gasteiger partial charge is 0.308 e. The zero-order chi connectivity index (χ0) is 19.5. The Morgan fingerprint density at radius 2 is 1.46 bits per heavy atom. The van der Waals surface area contributed by atoms with Crippen molar-refractivity contribution in [1.82, 2.24) is 9.80 Å². The molecule has 1 N–H and O–H groups in total. The minimum Gasteiger partial charge on any atom is -0.481 e. The van der Waals surface area contributed by atoms with E-state index in [0.29, 0.717) is 43.8 Å². The molecule has 0 radical (unpaired) electrons. The number of carbonyl (C=O) groups excluding carboxylic acids is 2. The maximum absolute atomic E-state index is 13.7. The Balaban J connectivity index is 1.32. The number of hydrogen-bond acceptors (Lipinski definition) is 3. The van der Waals surface area contributed by atoms with Gasteiger partial charge in [-0.1, -0.05) is 0 Å². The summed E-state index contributed by atoms with van der Waals surface area (Å²) in [5.74, 6) is 1.09. The fourth-order valence-corrected chi connectivity index (χ4v) is 7.53. The summed E-state index contributed by atoms with van der Waals surface area (Å²) < 4.78 is 0. The molecule has 0 spiro atoms. The predicted molar refractivity (Wildman–Crippen MR) is 102 cm³/mol.